The standard InChI is InChI=1S/C18H15N3O2/c1-11-15-8-7-14(23-2)9-16(15)21-17(11)18(22)20-13-5-3-12(10-19)4-6-13/h3-9,21H,1-2H3,(H,20,22). The first-order valence-corrected chi connectivity index (χ1v) is 7.10. The van der Waals surface area contributed by atoms with Crippen LogP contribution in [0.4, 0.5) is 5.69 Å². The number of amides is 1. The molecule has 1 heterocycles. The average molecular weight is 305 g/mol. The van der Waals surface area contributed by atoms with Gasteiger partial charge in [-0.25, -0.2) is 0 Å². The van der Waals surface area contributed by atoms with Crippen LogP contribution in [0.2, 0.25) is 0 Å². The number of hydrogen-bond donors (Lipinski definition) is 2. The number of methoxy groups -OCH3 is 1. The summed E-state index contributed by atoms with van der Waals surface area (Å²) in [5.41, 5.74) is 3.44. The van der Waals surface area contributed by atoms with E-state index in [9.17, 15) is 4.79 Å². The van der Waals surface area contributed by atoms with Gasteiger partial charge in [0.2, 0.25) is 0 Å². The summed E-state index contributed by atoms with van der Waals surface area (Å²) < 4.78 is 5.20. The number of fused-ring (bicyclic) bond motifs is 1. The van der Waals surface area contributed by atoms with Crippen molar-refractivity contribution < 1.29 is 9.53 Å². The number of nitrogens with one attached hydrogen (secondary N) is 2. The lowest BCUT2D eigenvalue weighted by Gasteiger charge is -2.04. The number of hydrogen-bond acceptors (Lipinski definition) is 3. The fraction of sp³-hybridized carbons (Fsp3) is 0.111. The second-order valence-electron chi connectivity index (χ2n) is 5.18. The molecule has 0 atom stereocenters. The van der Waals surface area contributed by atoms with Gasteiger partial charge in [0.1, 0.15) is 11.4 Å². The largest absolute Gasteiger partial charge is 0.497 e. The molecule has 3 rings (SSSR count). The molecule has 0 fully saturated rings. The van der Waals surface area contributed by atoms with Crippen molar-refractivity contribution in [2.24, 2.45) is 0 Å². The number of nitriles is 1. The van der Waals surface area contributed by atoms with Crippen molar-refractivity contribution in [3.63, 3.8) is 0 Å². The topological polar surface area (TPSA) is 77.9 Å². The Morgan fingerprint density at radius 1 is 1.22 bits per heavy atom. The molecule has 0 spiro atoms. The lowest BCUT2D eigenvalue weighted by Crippen LogP contribution is -2.13. The van der Waals surface area contributed by atoms with Crippen LogP contribution < -0.4 is 10.1 Å². The number of aromatic nitrogens is 1. The van der Waals surface area contributed by atoms with Crippen LogP contribution in [0, 0.1) is 18.3 Å². The molecule has 2 N–H and O–H groups in total. The fourth-order valence-corrected chi connectivity index (χ4v) is 2.49. The summed E-state index contributed by atoms with van der Waals surface area (Å²) >= 11 is 0. The summed E-state index contributed by atoms with van der Waals surface area (Å²) in [6.45, 7) is 1.90. The predicted octanol–water partition coefficient (Wildman–Crippen LogP) is 3.61. The minimum absolute atomic E-state index is 0.220. The van der Waals surface area contributed by atoms with Crippen LogP contribution in [0.15, 0.2) is 42.5 Å². The molecule has 3 aromatic rings. The van der Waals surface area contributed by atoms with Crippen LogP contribution in [0.1, 0.15) is 21.6 Å². The van der Waals surface area contributed by atoms with E-state index < -0.39 is 0 Å². The lowest BCUT2D eigenvalue weighted by atomic mass is 10.1. The van der Waals surface area contributed by atoms with E-state index >= 15 is 0 Å². The van der Waals surface area contributed by atoms with E-state index in [0.29, 0.717) is 16.9 Å². The van der Waals surface area contributed by atoms with Crippen LogP contribution in [-0.4, -0.2) is 18.0 Å². The Hall–Kier alpha value is -3.26. The van der Waals surface area contributed by atoms with Gasteiger partial charge in [-0.15, -0.1) is 0 Å². The van der Waals surface area contributed by atoms with Gasteiger partial charge in [-0.05, 0) is 48.9 Å². The Morgan fingerprint density at radius 3 is 2.61 bits per heavy atom. The van der Waals surface area contributed by atoms with Crippen molar-refractivity contribution in [2.45, 2.75) is 6.92 Å². The Kier molecular flexibility index (Phi) is 3.73. The smallest absolute Gasteiger partial charge is 0.272 e. The number of rotatable bonds is 3. The van der Waals surface area contributed by atoms with Gasteiger partial charge in [0.25, 0.3) is 5.91 Å². The summed E-state index contributed by atoms with van der Waals surface area (Å²) in [6, 6.07) is 14.4. The number of carbonyl (C=O) groups is 1. The van der Waals surface area contributed by atoms with Crippen LogP contribution in [0.25, 0.3) is 10.9 Å². The van der Waals surface area contributed by atoms with E-state index in [0.717, 1.165) is 22.2 Å². The fourth-order valence-electron chi connectivity index (χ4n) is 2.49. The monoisotopic (exact) mass is 305 g/mol. The Morgan fingerprint density at radius 2 is 1.96 bits per heavy atom. The second kappa shape index (κ2) is 5.85. The molecule has 0 unspecified atom stereocenters. The van der Waals surface area contributed by atoms with Gasteiger partial charge in [-0.2, -0.15) is 5.26 Å². The Labute approximate surface area is 133 Å². The van der Waals surface area contributed by atoms with E-state index in [2.05, 4.69) is 10.3 Å². The third kappa shape index (κ3) is 2.74. The molecule has 0 aliphatic carbocycles. The van der Waals surface area contributed by atoms with E-state index in [1.54, 1.807) is 31.4 Å². The molecule has 114 valence electrons. The third-order valence-corrected chi connectivity index (χ3v) is 3.76. The number of ether oxygens (including phenoxy) is 1. The number of benzene rings is 2. The normalized spacial score (nSPS) is 10.3. The van der Waals surface area contributed by atoms with Crippen LogP contribution in [0.5, 0.6) is 5.75 Å². The zero-order valence-corrected chi connectivity index (χ0v) is 12.8. The molecule has 0 radical (unpaired) electrons. The lowest BCUT2D eigenvalue weighted by molar-refractivity contribution is 0.102. The maximum Gasteiger partial charge on any atom is 0.272 e. The van der Waals surface area contributed by atoms with Crippen LogP contribution in [-0.2, 0) is 0 Å². The van der Waals surface area contributed by atoms with Gasteiger partial charge in [0.05, 0.1) is 18.7 Å². The molecule has 5 heteroatoms. The van der Waals surface area contributed by atoms with Gasteiger partial charge in [-0.3, -0.25) is 4.79 Å². The highest BCUT2D eigenvalue weighted by molar-refractivity contribution is 6.07. The van der Waals surface area contributed by atoms with Gasteiger partial charge in [-0.1, -0.05) is 0 Å². The zero-order chi connectivity index (χ0) is 16.4. The minimum Gasteiger partial charge on any atom is -0.497 e. The highest BCUT2D eigenvalue weighted by Gasteiger charge is 2.15. The van der Waals surface area contributed by atoms with E-state index in [1.807, 2.05) is 31.2 Å². The van der Waals surface area contributed by atoms with E-state index in [4.69, 9.17) is 10.00 Å². The SMILES string of the molecule is COc1ccc2c(C)c(C(=O)Nc3ccc(C#N)cc3)[nH]c2c1. The number of nitrogens with zero attached hydrogens (tertiary/aromatic N) is 1. The number of H-pyrrole nitrogens is 1. The van der Waals surface area contributed by atoms with Crippen LogP contribution >= 0.6 is 0 Å². The molecule has 2 aromatic carbocycles. The highest BCUT2D eigenvalue weighted by atomic mass is 16.5. The summed E-state index contributed by atoms with van der Waals surface area (Å²) in [4.78, 5) is 15.6. The van der Waals surface area contributed by atoms with Crippen molar-refractivity contribution in [1.82, 2.24) is 4.98 Å². The molecule has 0 bridgehead atoms. The van der Waals surface area contributed by atoms with E-state index in [1.165, 1.54) is 0 Å². The first-order valence-electron chi connectivity index (χ1n) is 7.10. The number of anilines is 1. The third-order valence-electron chi connectivity index (χ3n) is 3.76. The molecular weight excluding hydrogens is 290 g/mol. The molecule has 0 saturated heterocycles. The molecule has 0 saturated carbocycles. The molecule has 0 aliphatic heterocycles. The Balaban J connectivity index is 1.91. The molecule has 5 nitrogen and oxygen atoms in total. The number of carbonyl (C=O) groups excluding carboxylic acids is 1. The summed E-state index contributed by atoms with van der Waals surface area (Å²) in [5.74, 6) is 0.514. The number of aryl methyl sites for hydroxylation is 1. The van der Waals surface area contributed by atoms with Gasteiger partial charge < -0.3 is 15.0 Å². The molecule has 0 aliphatic rings. The summed E-state index contributed by atoms with van der Waals surface area (Å²) in [6.07, 6.45) is 0. The van der Waals surface area contributed by atoms with Gasteiger partial charge in [0.15, 0.2) is 0 Å². The predicted molar refractivity (Wildman–Crippen MR) is 88.7 cm³/mol. The number of aromatic amines is 1. The summed E-state index contributed by atoms with van der Waals surface area (Å²) in [5, 5.41) is 12.6. The molecule has 23 heavy (non-hydrogen) atoms. The summed E-state index contributed by atoms with van der Waals surface area (Å²) in [7, 11) is 1.61. The molecular formula is C18H15N3O2. The maximum atomic E-state index is 12.5. The van der Waals surface area contributed by atoms with Crippen molar-refractivity contribution in [3.8, 4) is 11.8 Å². The Bertz CT molecular complexity index is 918. The second-order valence-corrected chi connectivity index (χ2v) is 5.18. The van der Waals surface area contributed by atoms with Crippen molar-refractivity contribution in [1.29, 1.82) is 5.26 Å². The van der Waals surface area contributed by atoms with E-state index in [-0.39, 0.29) is 5.91 Å². The van der Waals surface area contributed by atoms with Gasteiger partial charge in [0, 0.05) is 22.7 Å². The first kappa shape index (κ1) is 14.7. The zero-order valence-electron chi connectivity index (χ0n) is 12.8. The average Bonchev–Trinajstić information content (AvgIpc) is 2.92. The first-order chi connectivity index (χ1) is 11.1. The molecule has 1 aromatic heterocycles. The van der Waals surface area contributed by atoms with Gasteiger partial charge >= 0.3 is 0 Å². The maximum absolute atomic E-state index is 12.5. The highest BCUT2D eigenvalue weighted by Crippen LogP contribution is 2.26. The van der Waals surface area contributed by atoms with Crippen molar-refractivity contribution in [2.75, 3.05) is 12.4 Å². The van der Waals surface area contributed by atoms with Crippen molar-refractivity contribution in [3.05, 3.63) is 59.3 Å². The minimum atomic E-state index is -0.220. The quantitative estimate of drug-likeness (QED) is 0.776. The van der Waals surface area contributed by atoms with Crippen LogP contribution in [0.3, 0.4) is 0 Å². The van der Waals surface area contributed by atoms with Crippen molar-refractivity contribution >= 4 is 22.5 Å². The molecule has 1 amide bonds.